The Morgan fingerprint density at radius 3 is 2.56 bits per heavy atom. The van der Waals surface area contributed by atoms with Crippen molar-refractivity contribution in [3.05, 3.63) is 42.5 Å². The number of hydrogen-bond donors (Lipinski definition) is 0. The van der Waals surface area contributed by atoms with E-state index in [9.17, 15) is 9.59 Å². The smallest absolute Gasteiger partial charge is 0.226 e. The first kappa shape index (κ1) is 19.5. The Balaban J connectivity index is 1.53. The molecular formula is C22H30N2O3. The molecule has 3 rings (SSSR count). The van der Waals surface area contributed by atoms with Gasteiger partial charge in [-0.1, -0.05) is 18.2 Å². The van der Waals surface area contributed by atoms with E-state index in [1.807, 2.05) is 41.0 Å². The molecule has 2 saturated heterocycles. The third-order valence-corrected chi connectivity index (χ3v) is 5.86. The van der Waals surface area contributed by atoms with E-state index >= 15 is 0 Å². The molecular weight excluding hydrogens is 340 g/mol. The van der Waals surface area contributed by atoms with Gasteiger partial charge in [0, 0.05) is 32.6 Å². The molecule has 5 heteroatoms. The summed E-state index contributed by atoms with van der Waals surface area (Å²) in [6.45, 7) is 9.36. The number of piperidine rings is 2. The lowest BCUT2D eigenvalue weighted by Gasteiger charge is -2.47. The first-order chi connectivity index (χ1) is 13.0. The number of nitrogens with zero attached hydrogens (tertiary/aromatic N) is 2. The van der Waals surface area contributed by atoms with Crippen LogP contribution in [0.3, 0.4) is 0 Å². The maximum absolute atomic E-state index is 12.7. The van der Waals surface area contributed by atoms with Crippen LogP contribution in [0.1, 0.15) is 38.2 Å². The van der Waals surface area contributed by atoms with Crippen LogP contribution in [0.25, 0.3) is 0 Å². The summed E-state index contributed by atoms with van der Waals surface area (Å²) in [7, 11) is 0. The summed E-state index contributed by atoms with van der Waals surface area (Å²) in [6, 6.07) is 7.78. The third kappa shape index (κ3) is 4.71. The van der Waals surface area contributed by atoms with Gasteiger partial charge in [-0.15, -0.1) is 6.58 Å². The maximum atomic E-state index is 12.7. The maximum Gasteiger partial charge on any atom is 0.226 e. The van der Waals surface area contributed by atoms with Crippen LogP contribution in [-0.4, -0.2) is 54.4 Å². The van der Waals surface area contributed by atoms with Gasteiger partial charge in [0.1, 0.15) is 5.75 Å². The fraction of sp³-hybridized carbons (Fsp3) is 0.545. The minimum absolute atomic E-state index is 0.173. The predicted octanol–water partition coefficient (Wildman–Crippen LogP) is 3.05. The molecule has 0 aliphatic carbocycles. The van der Waals surface area contributed by atoms with Gasteiger partial charge in [-0.05, 0) is 49.3 Å². The number of carbonyl (C=O) groups excluding carboxylic acids is 2. The van der Waals surface area contributed by atoms with Crippen LogP contribution in [0.4, 0.5) is 0 Å². The molecule has 0 N–H and O–H groups in total. The van der Waals surface area contributed by atoms with Crippen LogP contribution < -0.4 is 4.74 Å². The van der Waals surface area contributed by atoms with E-state index in [-0.39, 0.29) is 17.2 Å². The molecule has 0 radical (unpaired) electrons. The molecule has 1 spiro atoms. The fourth-order valence-electron chi connectivity index (χ4n) is 4.22. The summed E-state index contributed by atoms with van der Waals surface area (Å²) in [4.78, 5) is 28.6. The van der Waals surface area contributed by atoms with Gasteiger partial charge < -0.3 is 14.5 Å². The van der Waals surface area contributed by atoms with Crippen molar-refractivity contribution in [1.29, 1.82) is 0 Å². The summed E-state index contributed by atoms with van der Waals surface area (Å²) in [5.74, 6) is 1.25. The number of ether oxygens (including phenoxy) is 1. The Labute approximate surface area is 162 Å². The van der Waals surface area contributed by atoms with Crippen molar-refractivity contribution in [2.75, 3.05) is 32.8 Å². The first-order valence-electron chi connectivity index (χ1n) is 9.93. The molecule has 2 amide bonds. The topological polar surface area (TPSA) is 49.9 Å². The minimum Gasteiger partial charge on any atom is -0.494 e. The second-order valence-corrected chi connectivity index (χ2v) is 7.70. The lowest BCUT2D eigenvalue weighted by atomic mass is 9.72. The predicted molar refractivity (Wildman–Crippen MR) is 106 cm³/mol. The summed E-state index contributed by atoms with van der Waals surface area (Å²) < 4.78 is 5.45. The molecule has 0 aromatic heterocycles. The lowest BCUT2D eigenvalue weighted by molar-refractivity contribution is -0.141. The van der Waals surface area contributed by atoms with E-state index in [0.717, 1.165) is 50.2 Å². The van der Waals surface area contributed by atoms with Crippen molar-refractivity contribution in [2.45, 2.75) is 39.0 Å². The third-order valence-electron chi connectivity index (χ3n) is 5.86. The highest BCUT2D eigenvalue weighted by Crippen LogP contribution is 2.40. The monoisotopic (exact) mass is 370 g/mol. The van der Waals surface area contributed by atoms with Gasteiger partial charge in [-0.25, -0.2) is 0 Å². The molecule has 0 unspecified atom stereocenters. The van der Waals surface area contributed by atoms with Crippen LogP contribution in [0.2, 0.25) is 0 Å². The Bertz CT molecular complexity index is 675. The Morgan fingerprint density at radius 1 is 1.22 bits per heavy atom. The minimum atomic E-state index is 0.173. The highest BCUT2D eigenvalue weighted by Gasteiger charge is 2.41. The van der Waals surface area contributed by atoms with Gasteiger partial charge in [-0.2, -0.15) is 0 Å². The molecule has 1 aromatic rings. The number of hydrogen-bond acceptors (Lipinski definition) is 3. The lowest BCUT2D eigenvalue weighted by Crippen LogP contribution is -2.52. The molecule has 2 fully saturated rings. The zero-order valence-corrected chi connectivity index (χ0v) is 16.3. The van der Waals surface area contributed by atoms with Gasteiger partial charge >= 0.3 is 0 Å². The van der Waals surface area contributed by atoms with Gasteiger partial charge in [0.15, 0.2) is 0 Å². The summed E-state index contributed by atoms with van der Waals surface area (Å²) in [5, 5.41) is 0. The number of amides is 2. The van der Waals surface area contributed by atoms with Crippen LogP contribution in [-0.2, 0) is 16.0 Å². The molecule has 2 aliphatic rings. The van der Waals surface area contributed by atoms with E-state index < -0.39 is 0 Å². The van der Waals surface area contributed by atoms with Crippen LogP contribution in [0, 0.1) is 5.41 Å². The second-order valence-electron chi connectivity index (χ2n) is 7.70. The quantitative estimate of drug-likeness (QED) is 0.723. The SMILES string of the molecule is C=CCN1CC2(CCC1=O)CCN(C(=O)Cc1ccc(OCC)cc1)CC2. The van der Waals surface area contributed by atoms with E-state index in [2.05, 4.69) is 6.58 Å². The van der Waals surface area contributed by atoms with Crippen molar-refractivity contribution in [3.8, 4) is 5.75 Å². The molecule has 2 aliphatic heterocycles. The first-order valence-corrected chi connectivity index (χ1v) is 9.93. The largest absolute Gasteiger partial charge is 0.494 e. The van der Waals surface area contributed by atoms with Gasteiger partial charge in [0.25, 0.3) is 0 Å². The molecule has 0 atom stereocenters. The molecule has 0 saturated carbocycles. The molecule has 27 heavy (non-hydrogen) atoms. The molecule has 2 heterocycles. The molecule has 0 bridgehead atoms. The highest BCUT2D eigenvalue weighted by molar-refractivity contribution is 5.79. The molecule has 1 aromatic carbocycles. The van der Waals surface area contributed by atoms with Gasteiger partial charge in [0.2, 0.25) is 11.8 Å². The molecule has 146 valence electrons. The highest BCUT2D eigenvalue weighted by atomic mass is 16.5. The number of likely N-dealkylation sites (tertiary alicyclic amines) is 2. The number of benzene rings is 1. The Kier molecular flexibility index (Phi) is 6.19. The van der Waals surface area contributed by atoms with Gasteiger partial charge in [0.05, 0.1) is 13.0 Å². The van der Waals surface area contributed by atoms with Crippen LogP contribution >= 0.6 is 0 Å². The molecule has 5 nitrogen and oxygen atoms in total. The Morgan fingerprint density at radius 2 is 1.93 bits per heavy atom. The summed E-state index contributed by atoms with van der Waals surface area (Å²) in [5.41, 5.74) is 1.19. The van der Waals surface area contributed by atoms with E-state index in [1.165, 1.54) is 0 Å². The number of rotatable bonds is 6. The van der Waals surface area contributed by atoms with Crippen molar-refractivity contribution < 1.29 is 14.3 Å². The normalized spacial score (nSPS) is 19.2. The van der Waals surface area contributed by atoms with E-state index in [4.69, 9.17) is 4.74 Å². The van der Waals surface area contributed by atoms with Crippen molar-refractivity contribution >= 4 is 11.8 Å². The average Bonchev–Trinajstić information content (AvgIpc) is 2.67. The van der Waals surface area contributed by atoms with Crippen molar-refractivity contribution in [2.24, 2.45) is 5.41 Å². The van der Waals surface area contributed by atoms with E-state index in [1.54, 1.807) is 6.08 Å². The Hall–Kier alpha value is -2.30. The zero-order chi connectivity index (χ0) is 19.3. The van der Waals surface area contributed by atoms with Crippen LogP contribution in [0.5, 0.6) is 5.75 Å². The summed E-state index contributed by atoms with van der Waals surface area (Å²) in [6.07, 6.45) is 5.74. The zero-order valence-electron chi connectivity index (χ0n) is 16.3. The van der Waals surface area contributed by atoms with Crippen LogP contribution in [0.15, 0.2) is 36.9 Å². The fourth-order valence-corrected chi connectivity index (χ4v) is 4.22. The second kappa shape index (κ2) is 8.59. The standard InChI is InChI=1S/C22H30N2O3/c1-3-13-24-17-22(10-9-20(24)25)11-14-23(15-12-22)21(26)16-18-5-7-19(8-6-18)27-4-2/h3,5-8H,1,4,9-17H2,2H3. The van der Waals surface area contributed by atoms with Gasteiger partial charge in [-0.3, -0.25) is 9.59 Å². The average molecular weight is 370 g/mol. The van der Waals surface area contributed by atoms with E-state index in [0.29, 0.717) is 26.0 Å². The number of carbonyl (C=O) groups is 2. The summed E-state index contributed by atoms with van der Waals surface area (Å²) >= 11 is 0. The van der Waals surface area contributed by atoms with Crippen molar-refractivity contribution in [1.82, 2.24) is 9.80 Å². The van der Waals surface area contributed by atoms with Crippen molar-refractivity contribution in [3.63, 3.8) is 0 Å².